The van der Waals surface area contributed by atoms with E-state index >= 15 is 0 Å². The lowest BCUT2D eigenvalue weighted by atomic mass is 9.97. The summed E-state index contributed by atoms with van der Waals surface area (Å²) in [5, 5.41) is 7.76. The van der Waals surface area contributed by atoms with Gasteiger partial charge in [0.15, 0.2) is 0 Å². The van der Waals surface area contributed by atoms with Crippen molar-refractivity contribution in [2.75, 3.05) is 11.9 Å². The summed E-state index contributed by atoms with van der Waals surface area (Å²) in [7, 11) is 0. The second-order valence-corrected chi connectivity index (χ2v) is 9.10. The summed E-state index contributed by atoms with van der Waals surface area (Å²) in [6.45, 7) is 4.30. The fraction of sp³-hybridized carbons (Fsp3) is 0.300. The minimum atomic E-state index is -0.290. The average Bonchev–Trinajstić information content (AvgIpc) is 3.60. The van der Waals surface area contributed by atoms with Gasteiger partial charge in [0, 0.05) is 17.5 Å². The van der Waals surface area contributed by atoms with Crippen molar-refractivity contribution >= 4 is 17.6 Å². The van der Waals surface area contributed by atoms with Crippen molar-refractivity contribution in [1.82, 2.24) is 14.7 Å². The Bertz CT molecular complexity index is 1270. The van der Waals surface area contributed by atoms with Crippen molar-refractivity contribution in [1.29, 1.82) is 0 Å². The lowest BCUT2D eigenvalue weighted by molar-refractivity contribution is -0.139. The summed E-state index contributed by atoms with van der Waals surface area (Å²) >= 11 is 0. The highest BCUT2D eigenvalue weighted by molar-refractivity contribution is 5.95. The Morgan fingerprint density at radius 1 is 1.00 bits per heavy atom. The third-order valence-electron chi connectivity index (χ3n) is 6.37. The molecule has 2 amide bonds. The molecule has 4 aromatic rings. The zero-order valence-corrected chi connectivity index (χ0v) is 21.5. The summed E-state index contributed by atoms with van der Waals surface area (Å²) < 4.78 is 7.22. The molecule has 0 saturated heterocycles. The Hall–Kier alpha value is -4.13. The molecule has 1 N–H and O–H groups in total. The van der Waals surface area contributed by atoms with Gasteiger partial charge in [0.05, 0.1) is 24.2 Å². The van der Waals surface area contributed by atoms with Crippen LogP contribution in [0.5, 0.6) is 0 Å². The van der Waals surface area contributed by atoms with E-state index in [1.807, 2.05) is 79.7 Å². The Labute approximate surface area is 218 Å². The highest BCUT2D eigenvalue weighted by Gasteiger charge is 2.26. The molecule has 0 fully saturated rings. The molecule has 4 rings (SSSR count). The first-order valence-corrected chi connectivity index (χ1v) is 12.9. The number of unbranched alkanes of at least 4 members (excludes halogenated alkanes) is 1. The van der Waals surface area contributed by atoms with E-state index in [9.17, 15) is 9.59 Å². The first kappa shape index (κ1) is 25.9. The number of anilines is 1. The topological polar surface area (TPSA) is 80.4 Å². The number of amides is 2. The molecule has 0 unspecified atom stereocenters. The molecular formula is C30H34N4O3. The number of rotatable bonds is 12. The highest BCUT2D eigenvalue weighted by atomic mass is 16.3. The summed E-state index contributed by atoms with van der Waals surface area (Å²) in [5.41, 5.74) is 2.52. The highest BCUT2D eigenvalue weighted by Crippen LogP contribution is 2.25. The molecule has 0 aliphatic carbocycles. The van der Waals surface area contributed by atoms with Crippen molar-refractivity contribution in [3.8, 4) is 16.9 Å². The van der Waals surface area contributed by atoms with E-state index in [-0.39, 0.29) is 30.8 Å². The summed E-state index contributed by atoms with van der Waals surface area (Å²) in [6.07, 6.45) is 5.12. The van der Waals surface area contributed by atoms with Crippen LogP contribution >= 0.6 is 0 Å². The van der Waals surface area contributed by atoms with Gasteiger partial charge in [-0.3, -0.25) is 9.59 Å². The van der Waals surface area contributed by atoms with Crippen LogP contribution in [0.15, 0.2) is 89.5 Å². The van der Waals surface area contributed by atoms with Crippen LogP contribution in [0.1, 0.15) is 45.3 Å². The van der Waals surface area contributed by atoms with Gasteiger partial charge in [0.2, 0.25) is 11.8 Å². The monoisotopic (exact) mass is 498 g/mol. The van der Waals surface area contributed by atoms with Gasteiger partial charge >= 0.3 is 0 Å². The number of para-hydroxylation sites is 1. The lowest BCUT2D eigenvalue weighted by Crippen LogP contribution is -2.41. The predicted molar refractivity (Wildman–Crippen MR) is 145 cm³/mol. The standard InChI is InChI=1S/C30H34N4O3/c1-3-5-13-23(4-2)30(36)33(21-26-18-12-19-37-26)22-29(35)31-28-20-27(24-14-8-6-9-15-24)32-34(28)25-16-10-7-11-17-25/h6-12,14-20,23H,3-5,13,21-22H2,1-2H3,(H,31,35)/t23-/m1/s1. The maximum absolute atomic E-state index is 13.5. The normalized spacial score (nSPS) is 11.7. The molecule has 2 aromatic carbocycles. The molecule has 0 radical (unpaired) electrons. The number of carbonyl (C=O) groups is 2. The van der Waals surface area contributed by atoms with Crippen molar-refractivity contribution in [3.63, 3.8) is 0 Å². The van der Waals surface area contributed by atoms with E-state index in [0.29, 0.717) is 11.6 Å². The molecule has 0 spiro atoms. The number of nitrogens with one attached hydrogen (secondary N) is 1. The van der Waals surface area contributed by atoms with Gasteiger partial charge in [-0.15, -0.1) is 0 Å². The van der Waals surface area contributed by atoms with Crippen molar-refractivity contribution in [3.05, 3.63) is 90.9 Å². The number of benzene rings is 2. The van der Waals surface area contributed by atoms with Crippen LogP contribution in [0.4, 0.5) is 5.82 Å². The van der Waals surface area contributed by atoms with Gasteiger partial charge in [-0.1, -0.05) is 75.2 Å². The molecule has 1 atom stereocenters. The molecule has 7 nitrogen and oxygen atoms in total. The van der Waals surface area contributed by atoms with E-state index < -0.39 is 0 Å². The van der Waals surface area contributed by atoms with Gasteiger partial charge < -0.3 is 14.6 Å². The maximum atomic E-state index is 13.5. The first-order chi connectivity index (χ1) is 18.1. The van der Waals surface area contributed by atoms with Gasteiger partial charge in [0.1, 0.15) is 18.1 Å². The van der Waals surface area contributed by atoms with E-state index in [4.69, 9.17) is 9.52 Å². The minimum Gasteiger partial charge on any atom is -0.467 e. The Balaban J connectivity index is 1.58. The molecule has 7 heteroatoms. The van der Waals surface area contributed by atoms with Gasteiger partial charge in [-0.05, 0) is 37.1 Å². The van der Waals surface area contributed by atoms with Gasteiger partial charge in [-0.25, -0.2) is 4.68 Å². The molecule has 2 aromatic heterocycles. The van der Waals surface area contributed by atoms with Crippen LogP contribution in [-0.2, 0) is 16.1 Å². The van der Waals surface area contributed by atoms with E-state index in [1.165, 1.54) is 0 Å². The lowest BCUT2D eigenvalue weighted by Gasteiger charge is -2.26. The zero-order valence-electron chi connectivity index (χ0n) is 21.5. The number of carbonyl (C=O) groups excluding carboxylic acids is 2. The second kappa shape index (κ2) is 12.7. The predicted octanol–water partition coefficient (Wildman–Crippen LogP) is 6.32. The SMILES string of the molecule is CCCC[C@@H](CC)C(=O)N(CC(=O)Nc1cc(-c2ccccc2)nn1-c1ccccc1)Cc1ccco1. The van der Waals surface area contributed by atoms with Crippen molar-refractivity contribution in [2.24, 2.45) is 5.92 Å². The van der Waals surface area contributed by atoms with Crippen LogP contribution in [-0.4, -0.2) is 33.0 Å². The van der Waals surface area contributed by atoms with Crippen molar-refractivity contribution in [2.45, 2.75) is 46.1 Å². The number of nitrogens with zero attached hydrogens (tertiary/aromatic N) is 3. The fourth-order valence-electron chi connectivity index (χ4n) is 4.36. The van der Waals surface area contributed by atoms with E-state index in [1.54, 1.807) is 21.9 Å². The molecule has 0 bridgehead atoms. The van der Waals surface area contributed by atoms with Crippen molar-refractivity contribution < 1.29 is 14.0 Å². The molecule has 192 valence electrons. The summed E-state index contributed by atoms with van der Waals surface area (Å²) in [4.78, 5) is 28.4. The quantitative estimate of drug-likeness (QED) is 0.248. The minimum absolute atomic E-state index is 0.0240. The molecule has 0 saturated carbocycles. The molecule has 0 aliphatic rings. The third-order valence-corrected chi connectivity index (χ3v) is 6.37. The number of furan rings is 1. The molecular weight excluding hydrogens is 464 g/mol. The van der Waals surface area contributed by atoms with Crippen LogP contribution in [0.25, 0.3) is 16.9 Å². The van der Waals surface area contributed by atoms with Crippen LogP contribution < -0.4 is 5.32 Å². The first-order valence-electron chi connectivity index (χ1n) is 12.9. The number of aromatic nitrogens is 2. The number of hydrogen-bond donors (Lipinski definition) is 1. The van der Waals surface area contributed by atoms with E-state index in [0.717, 1.165) is 42.6 Å². The number of hydrogen-bond acceptors (Lipinski definition) is 4. The zero-order chi connectivity index (χ0) is 26.0. The largest absolute Gasteiger partial charge is 0.467 e. The molecule has 0 aliphatic heterocycles. The summed E-state index contributed by atoms with van der Waals surface area (Å²) in [5.74, 6) is 0.749. The van der Waals surface area contributed by atoms with Crippen LogP contribution in [0.2, 0.25) is 0 Å². The summed E-state index contributed by atoms with van der Waals surface area (Å²) in [6, 6.07) is 24.9. The molecule has 37 heavy (non-hydrogen) atoms. The molecule has 2 heterocycles. The third kappa shape index (κ3) is 6.76. The Morgan fingerprint density at radius 3 is 2.38 bits per heavy atom. The smallest absolute Gasteiger partial charge is 0.245 e. The fourth-order valence-corrected chi connectivity index (χ4v) is 4.36. The van der Waals surface area contributed by atoms with Gasteiger partial charge in [-0.2, -0.15) is 5.10 Å². The Morgan fingerprint density at radius 2 is 1.73 bits per heavy atom. The maximum Gasteiger partial charge on any atom is 0.245 e. The second-order valence-electron chi connectivity index (χ2n) is 9.10. The van der Waals surface area contributed by atoms with Gasteiger partial charge in [0.25, 0.3) is 0 Å². The average molecular weight is 499 g/mol. The Kier molecular flexibility index (Phi) is 8.92. The van der Waals surface area contributed by atoms with Crippen LogP contribution in [0, 0.1) is 5.92 Å². The van der Waals surface area contributed by atoms with E-state index in [2.05, 4.69) is 12.2 Å². The van der Waals surface area contributed by atoms with Crippen LogP contribution in [0.3, 0.4) is 0 Å².